The molecule has 1 aromatic heterocycles. The molecule has 1 unspecified atom stereocenters. The van der Waals surface area contributed by atoms with E-state index in [0.29, 0.717) is 18.3 Å². The highest BCUT2D eigenvalue weighted by molar-refractivity contribution is 7.09. The SMILES string of the molecule is O=C(Cc1nc(CCl)cs1)NC1CCN(C2CC2)C1. The molecule has 2 fully saturated rings. The van der Waals surface area contributed by atoms with Crippen LogP contribution in [0.2, 0.25) is 0 Å². The van der Waals surface area contributed by atoms with Crippen LogP contribution in [0.3, 0.4) is 0 Å². The number of likely N-dealkylation sites (tertiary alicyclic amines) is 1. The van der Waals surface area contributed by atoms with E-state index in [1.165, 1.54) is 24.2 Å². The number of halogens is 1. The zero-order valence-electron chi connectivity index (χ0n) is 10.8. The third-order valence-electron chi connectivity index (χ3n) is 3.70. The fourth-order valence-corrected chi connectivity index (χ4v) is 3.60. The van der Waals surface area contributed by atoms with Gasteiger partial charge in [-0.2, -0.15) is 0 Å². The lowest BCUT2D eigenvalue weighted by Gasteiger charge is -2.15. The summed E-state index contributed by atoms with van der Waals surface area (Å²) in [7, 11) is 0. The van der Waals surface area contributed by atoms with E-state index in [0.717, 1.165) is 36.3 Å². The number of amides is 1. The van der Waals surface area contributed by atoms with Gasteiger partial charge in [0.25, 0.3) is 0 Å². The van der Waals surface area contributed by atoms with Gasteiger partial charge in [0, 0.05) is 30.6 Å². The van der Waals surface area contributed by atoms with E-state index in [4.69, 9.17) is 11.6 Å². The molecule has 1 aliphatic carbocycles. The van der Waals surface area contributed by atoms with Gasteiger partial charge < -0.3 is 5.32 Å². The Morgan fingerprint density at radius 1 is 1.53 bits per heavy atom. The number of rotatable bonds is 5. The van der Waals surface area contributed by atoms with Gasteiger partial charge in [0.2, 0.25) is 5.91 Å². The van der Waals surface area contributed by atoms with E-state index in [1.54, 1.807) is 0 Å². The molecule has 0 radical (unpaired) electrons. The molecule has 19 heavy (non-hydrogen) atoms. The predicted molar refractivity (Wildman–Crippen MR) is 76.5 cm³/mol. The van der Waals surface area contributed by atoms with Crippen molar-refractivity contribution < 1.29 is 4.79 Å². The van der Waals surface area contributed by atoms with E-state index in [1.807, 2.05) is 5.38 Å². The van der Waals surface area contributed by atoms with Gasteiger partial charge in [-0.25, -0.2) is 4.98 Å². The smallest absolute Gasteiger partial charge is 0.227 e. The van der Waals surface area contributed by atoms with Crippen molar-refractivity contribution in [2.75, 3.05) is 13.1 Å². The summed E-state index contributed by atoms with van der Waals surface area (Å²) in [6.45, 7) is 2.14. The standard InChI is InChI=1S/C13H18ClN3OS/c14-6-10-8-19-13(16-10)5-12(18)15-9-3-4-17(7-9)11-1-2-11/h8-9,11H,1-7H2,(H,15,18). The van der Waals surface area contributed by atoms with Crippen molar-refractivity contribution in [3.8, 4) is 0 Å². The minimum Gasteiger partial charge on any atom is -0.352 e. The van der Waals surface area contributed by atoms with Gasteiger partial charge in [-0.3, -0.25) is 9.69 Å². The summed E-state index contributed by atoms with van der Waals surface area (Å²) >= 11 is 7.21. The van der Waals surface area contributed by atoms with Crippen molar-refractivity contribution >= 4 is 28.8 Å². The number of alkyl halides is 1. The third-order valence-corrected chi connectivity index (χ3v) is 4.87. The largest absolute Gasteiger partial charge is 0.352 e. The fraction of sp³-hybridized carbons (Fsp3) is 0.692. The van der Waals surface area contributed by atoms with Crippen molar-refractivity contribution in [2.45, 2.75) is 43.6 Å². The van der Waals surface area contributed by atoms with Crippen LogP contribution >= 0.6 is 22.9 Å². The summed E-state index contributed by atoms with van der Waals surface area (Å²) in [5.41, 5.74) is 0.857. The molecule has 2 heterocycles. The van der Waals surface area contributed by atoms with Crippen LogP contribution in [0, 0.1) is 0 Å². The zero-order chi connectivity index (χ0) is 13.2. The van der Waals surface area contributed by atoms with E-state index < -0.39 is 0 Å². The maximum absolute atomic E-state index is 12.0. The van der Waals surface area contributed by atoms with Crippen molar-refractivity contribution in [1.29, 1.82) is 0 Å². The molecule has 104 valence electrons. The molecule has 1 aliphatic heterocycles. The molecule has 1 saturated heterocycles. The monoisotopic (exact) mass is 299 g/mol. The van der Waals surface area contributed by atoms with Gasteiger partial charge >= 0.3 is 0 Å². The molecule has 4 nitrogen and oxygen atoms in total. The van der Waals surface area contributed by atoms with Crippen LogP contribution in [0.15, 0.2) is 5.38 Å². The highest BCUT2D eigenvalue weighted by Gasteiger charge is 2.34. The molecule has 0 bridgehead atoms. The number of carbonyl (C=O) groups is 1. The third kappa shape index (κ3) is 3.46. The van der Waals surface area contributed by atoms with Gasteiger partial charge in [-0.05, 0) is 19.3 Å². The molecule has 0 spiro atoms. The van der Waals surface area contributed by atoms with Crippen molar-refractivity contribution in [2.24, 2.45) is 0 Å². The second-order valence-corrected chi connectivity index (χ2v) is 6.53. The molecule has 3 rings (SSSR count). The minimum absolute atomic E-state index is 0.0816. The minimum atomic E-state index is 0.0816. The molecule has 1 aromatic rings. The van der Waals surface area contributed by atoms with Crippen molar-refractivity contribution in [3.63, 3.8) is 0 Å². The van der Waals surface area contributed by atoms with Crippen molar-refractivity contribution in [1.82, 2.24) is 15.2 Å². The fourth-order valence-electron chi connectivity index (χ4n) is 2.58. The van der Waals surface area contributed by atoms with E-state index in [2.05, 4.69) is 15.2 Å². The van der Waals surface area contributed by atoms with Gasteiger partial charge in [0.15, 0.2) is 0 Å². The Morgan fingerprint density at radius 3 is 3.05 bits per heavy atom. The Balaban J connectivity index is 1.46. The first-order valence-corrected chi connectivity index (χ1v) is 8.18. The van der Waals surface area contributed by atoms with Crippen LogP contribution in [-0.4, -0.2) is 41.0 Å². The quantitative estimate of drug-likeness (QED) is 0.843. The first-order valence-electron chi connectivity index (χ1n) is 6.77. The average molecular weight is 300 g/mol. The number of nitrogens with one attached hydrogen (secondary N) is 1. The van der Waals surface area contributed by atoms with E-state index >= 15 is 0 Å². The number of carbonyl (C=O) groups excluding carboxylic acids is 1. The number of hydrogen-bond donors (Lipinski definition) is 1. The second kappa shape index (κ2) is 5.77. The molecule has 1 atom stereocenters. The average Bonchev–Trinajstić information content (AvgIpc) is 2.98. The molecule has 0 aromatic carbocycles. The topological polar surface area (TPSA) is 45.2 Å². The van der Waals surface area contributed by atoms with Gasteiger partial charge in [-0.1, -0.05) is 0 Å². The van der Waals surface area contributed by atoms with Crippen LogP contribution in [0.1, 0.15) is 30.0 Å². The first-order chi connectivity index (χ1) is 9.24. The Kier molecular flexibility index (Phi) is 4.05. The Morgan fingerprint density at radius 2 is 2.37 bits per heavy atom. The van der Waals surface area contributed by atoms with E-state index in [-0.39, 0.29) is 5.91 Å². The molecular weight excluding hydrogens is 282 g/mol. The van der Waals surface area contributed by atoms with Crippen LogP contribution in [0.4, 0.5) is 0 Å². The lowest BCUT2D eigenvalue weighted by Crippen LogP contribution is -2.38. The van der Waals surface area contributed by atoms with Gasteiger partial charge in [-0.15, -0.1) is 22.9 Å². The molecule has 6 heteroatoms. The normalized spacial score (nSPS) is 23.7. The number of hydrogen-bond acceptors (Lipinski definition) is 4. The lowest BCUT2D eigenvalue weighted by molar-refractivity contribution is -0.121. The number of thiazole rings is 1. The zero-order valence-corrected chi connectivity index (χ0v) is 12.3. The summed E-state index contributed by atoms with van der Waals surface area (Å²) < 4.78 is 0. The molecule has 2 aliphatic rings. The Hall–Kier alpha value is -0.650. The number of nitrogens with zero attached hydrogens (tertiary/aromatic N) is 2. The summed E-state index contributed by atoms with van der Waals surface area (Å²) in [5.74, 6) is 0.495. The number of aromatic nitrogens is 1. The Labute approximate surface area is 122 Å². The summed E-state index contributed by atoms with van der Waals surface area (Å²) in [5, 5.41) is 5.89. The summed E-state index contributed by atoms with van der Waals surface area (Å²) in [6, 6.07) is 1.12. The van der Waals surface area contributed by atoms with Gasteiger partial charge in [0.05, 0.1) is 18.0 Å². The Bertz CT molecular complexity index is 460. The lowest BCUT2D eigenvalue weighted by atomic mass is 10.2. The predicted octanol–water partition coefficient (Wildman–Crippen LogP) is 1.78. The highest BCUT2D eigenvalue weighted by atomic mass is 35.5. The maximum atomic E-state index is 12.0. The van der Waals surface area contributed by atoms with Crippen LogP contribution in [-0.2, 0) is 17.1 Å². The first kappa shape index (κ1) is 13.3. The summed E-state index contributed by atoms with van der Waals surface area (Å²) in [4.78, 5) is 18.8. The second-order valence-electron chi connectivity index (χ2n) is 5.32. The van der Waals surface area contributed by atoms with Crippen LogP contribution in [0.5, 0.6) is 0 Å². The molecule has 1 saturated carbocycles. The molecule has 1 N–H and O–H groups in total. The molecular formula is C13H18ClN3OS. The van der Waals surface area contributed by atoms with Crippen LogP contribution in [0.25, 0.3) is 0 Å². The summed E-state index contributed by atoms with van der Waals surface area (Å²) in [6.07, 6.45) is 4.12. The molecule has 1 amide bonds. The highest BCUT2D eigenvalue weighted by Crippen LogP contribution is 2.29. The van der Waals surface area contributed by atoms with Crippen molar-refractivity contribution in [3.05, 3.63) is 16.1 Å². The van der Waals surface area contributed by atoms with E-state index in [9.17, 15) is 4.79 Å². The maximum Gasteiger partial charge on any atom is 0.227 e. The van der Waals surface area contributed by atoms with Crippen LogP contribution < -0.4 is 5.32 Å². The van der Waals surface area contributed by atoms with Gasteiger partial charge in [0.1, 0.15) is 5.01 Å².